The van der Waals surface area contributed by atoms with Crippen LogP contribution in [0.25, 0.3) is 11.0 Å². The summed E-state index contributed by atoms with van der Waals surface area (Å²) in [7, 11) is 1.77. The van der Waals surface area contributed by atoms with Crippen molar-refractivity contribution in [3.63, 3.8) is 0 Å². The van der Waals surface area contributed by atoms with Gasteiger partial charge in [0.1, 0.15) is 6.07 Å². The summed E-state index contributed by atoms with van der Waals surface area (Å²) in [4.78, 5) is 17.0. The van der Waals surface area contributed by atoms with E-state index in [0.717, 1.165) is 0 Å². The Hall–Kier alpha value is -2.91. The molecule has 0 saturated heterocycles. The molecule has 3 rings (SSSR count). The minimum absolute atomic E-state index is 0.340. The Morgan fingerprint density at radius 1 is 1.39 bits per heavy atom. The second kappa shape index (κ2) is 5.71. The SMILES string of the molecule is Cc1cc(C(=O)Nc2cc(Cl)ccc2C#N)c2cnn(C)c2n1. The molecule has 0 aliphatic carbocycles. The summed E-state index contributed by atoms with van der Waals surface area (Å²) in [5.74, 6) is -0.340. The Bertz CT molecular complexity index is 970. The zero-order valence-corrected chi connectivity index (χ0v) is 13.2. The van der Waals surface area contributed by atoms with E-state index in [9.17, 15) is 4.79 Å². The molecular weight excluding hydrogens is 314 g/mol. The number of aryl methyl sites for hydroxylation is 2. The van der Waals surface area contributed by atoms with Crippen LogP contribution in [0.15, 0.2) is 30.5 Å². The molecule has 1 amide bonds. The fraction of sp³-hybridized carbons (Fsp3) is 0.125. The average molecular weight is 326 g/mol. The quantitative estimate of drug-likeness (QED) is 0.784. The lowest BCUT2D eigenvalue weighted by atomic mass is 10.1. The van der Waals surface area contributed by atoms with Crippen LogP contribution in [0.5, 0.6) is 0 Å². The molecule has 0 radical (unpaired) electrons. The Kier molecular flexibility index (Phi) is 3.72. The van der Waals surface area contributed by atoms with E-state index in [1.807, 2.05) is 13.0 Å². The number of nitriles is 1. The van der Waals surface area contributed by atoms with E-state index in [2.05, 4.69) is 15.4 Å². The van der Waals surface area contributed by atoms with Crippen LogP contribution in [0.3, 0.4) is 0 Å². The third-order valence-electron chi connectivity index (χ3n) is 3.43. The van der Waals surface area contributed by atoms with Crippen LogP contribution in [0, 0.1) is 18.3 Å². The highest BCUT2D eigenvalue weighted by atomic mass is 35.5. The maximum absolute atomic E-state index is 12.6. The number of fused-ring (bicyclic) bond motifs is 1. The first-order valence-electron chi connectivity index (χ1n) is 6.80. The Labute approximate surface area is 137 Å². The number of rotatable bonds is 2. The summed E-state index contributed by atoms with van der Waals surface area (Å²) in [6, 6.07) is 8.44. The first-order valence-corrected chi connectivity index (χ1v) is 7.17. The lowest BCUT2D eigenvalue weighted by Crippen LogP contribution is -2.14. The molecule has 1 aromatic carbocycles. The van der Waals surface area contributed by atoms with Crippen LogP contribution in [0.2, 0.25) is 5.02 Å². The molecule has 23 heavy (non-hydrogen) atoms. The smallest absolute Gasteiger partial charge is 0.256 e. The maximum atomic E-state index is 12.6. The van der Waals surface area contributed by atoms with Crippen LogP contribution in [0.4, 0.5) is 5.69 Å². The molecule has 0 spiro atoms. The van der Waals surface area contributed by atoms with Crippen molar-refractivity contribution < 1.29 is 4.79 Å². The minimum atomic E-state index is -0.340. The van der Waals surface area contributed by atoms with E-state index in [0.29, 0.717) is 38.6 Å². The Balaban J connectivity index is 2.05. The number of pyridine rings is 1. The van der Waals surface area contributed by atoms with E-state index in [1.165, 1.54) is 0 Å². The molecule has 0 bridgehead atoms. The second-order valence-electron chi connectivity index (χ2n) is 5.07. The third-order valence-corrected chi connectivity index (χ3v) is 3.66. The van der Waals surface area contributed by atoms with E-state index in [4.69, 9.17) is 16.9 Å². The molecule has 2 aromatic heterocycles. The lowest BCUT2D eigenvalue weighted by Gasteiger charge is -2.09. The van der Waals surface area contributed by atoms with Gasteiger partial charge in [-0.25, -0.2) is 4.98 Å². The molecule has 0 aliphatic rings. The van der Waals surface area contributed by atoms with E-state index >= 15 is 0 Å². The number of carbonyl (C=O) groups excluding carboxylic acids is 1. The summed E-state index contributed by atoms with van der Waals surface area (Å²) in [5, 5.41) is 17.1. The van der Waals surface area contributed by atoms with Gasteiger partial charge >= 0.3 is 0 Å². The normalized spacial score (nSPS) is 10.5. The lowest BCUT2D eigenvalue weighted by molar-refractivity contribution is 0.102. The molecule has 1 N–H and O–H groups in total. The topological polar surface area (TPSA) is 83.6 Å². The number of hydrogen-bond donors (Lipinski definition) is 1. The zero-order valence-electron chi connectivity index (χ0n) is 12.5. The van der Waals surface area contributed by atoms with E-state index in [1.54, 1.807) is 42.2 Å². The van der Waals surface area contributed by atoms with Crippen LogP contribution < -0.4 is 5.32 Å². The molecule has 0 aliphatic heterocycles. The number of nitrogens with one attached hydrogen (secondary N) is 1. The van der Waals surface area contributed by atoms with Gasteiger partial charge in [0.15, 0.2) is 5.65 Å². The Morgan fingerprint density at radius 3 is 2.91 bits per heavy atom. The molecule has 7 heteroatoms. The largest absolute Gasteiger partial charge is 0.321 e. The number of aromatic nitrogens is 3. The Morgan fingerprint density at radius 2 is 2.17 bits per heavy atom. The number of nitrogens with zero attached hydrogens (tertiary/aromatic N) is 4. The zero-order chi connectivity index (χ0) is 16.6. The van der Waals surface area contributed by atoms with Crippen LogP contribution >= 0.6 is 11.6 Å². The monoisotopic (exact) mass is 325 g/mol. The second-order valence-corrected chi connectivity index (χ2v) is 5.51. The number of carbonyl (C=O) groups is 1. The summed E-state index contributed by atoms with van der Waals surface area (Å²) < 4.78 is 1.61. The number of hydrogen-bond acceptors (Lipinski definition) is 4. The van der Waals surface area contributed by atoms with Gasteiger partial charge < -0.3 is 5.32 Å². The van der Waals surface area contributed by atoms with Gasteiger partial charge in [-0.15, -0.1) is 0 Å². The van der Waals surface area contributed by atoms with Crippen LogP contribution in [-0.4, -0.2) is 20.7 Å². The molecule has 0 atom stereocenters. The molecule has 2 heterocycles. The number of anilines is 1. The summed E-state index contributed by atoms with van der Waals surface area (Å²) in [5.41, 5.74) is 2.50. The van der Waals surface area contributed by atoms with Gasteiger partial charge in [0.05, 0.1) is 28.4 Å². The van der Waals surface area contributed by atoms with Crippen molar-refractivity contribution in [2.24, 2.45) is 7.05 Å². The van der Waals surface area contributed by atoms with Crippen molar-refractivity contribution in [2.75, 3.05) is 5.32 Å². The first kappa shape index (κ1) is 15.0. The summed E-state index contributed by atoms with van der Waals surface area (Å²) in [6.07, 6.45) is 1.60. The minimum Gasteiger partial charge on any atom is -0.321 e. The first-order chi connectivity index (χ1) is 11.0. The van der Waals surface area contributed by atoms with Gasteiger partial charge in [0.2, 0.25) is 0 Å². The molecular formula is C16H12ClN5O. The van der Waals surface area contributed by atoms with Gasteiger partial charge in [-0.1, -0.05) is 11.6 Å². The molecule has 0 saturated carbocycles. The number of halogens is 1. The van der Waals surface area contributed by atoms with Gasteiger partial charge in [0, 0.05) is 17.8 Å². The predicted molar refractivity (Wildman–Crippen MR) is 87.4 cm³/mol. The standard InChI is InChI=1S/C16H12ClN5O/c1-9-5-12(13-8-19-22(2)15(13)20-9)16(23)21-14-6-11(17)4-3-10(14)7-18/h3-6,8H,1-2H3,(H,21,23). The van der Waals surface area contributed by atoms with E-state index in [-0.39, 0.29) is 5.91 Å². The number of benzene rings is 1. The third kappa shape index (κ3) is 2.74. The molecule has 3 aromatic rings. The van der Waals surface area contributed by atoms with Crippen molar-refractivity contribution in [1.82, 2.24) is 14.8 Å². The fourth-order valence-electron chi connectivity index (χ4n) is 2.33. The van der Waals surface area contributed by atoms with Gasteiger partial charge in [-0.2, -0.15) is 10.4 Å². The van der Waals surface area contributed by atoms with Crippen molar-refractivity contribution in [1.29, 1.82) is 5.26 Å². The van der Waals surface area contributed by atoms with Crippen molar-refractivity contribution in [3.05, 3.63) is 52.3 Å². The summed E-state index contributed by atoms with van der Waals surface area (Å²) in [6.45, 7) is 1.81. The van der Waals surface area contributed by atoms with E-state index < -0.39 is 0 Å². The maximum Gasteiger partial charge on any atom is 0.256 e. The van der Waals surface area contributed by atoms with Crippen molar-refractivity contribution >= 4 is 34.2 Å². The van der Waals surface area contributed by atoms with Crippen molar-refractivity contribution in [2.45, 2.75) is 6.92 Å². The fourth-order valence-corrected chi connectivity index (χ4v) is 2.51. The van der Waals surface area contributed by atoms with Crippen LogP contribution in [0.1, 0.15) is 21.6 Å². The van der Waals surface area contributed by atoms with Gasteiger partial charge in [-0.3, -0.25) is 9.48 Å². The highest BCUT2D eigenvalue weighted by Gasteiger charge is 2.16. The molecule has 114 valence electrons. The van der Waals surface area contributed by atoms with Gasteiger partial charge in [0.25, 0.3) is 5.91 Å². The average Bonchev–Trinajstić information content (AvgIpc) is 2.88. The van der Waals surface area contributed by atoms with Gasteiger partial charge in [-0.05, 0) is 31.2 Å². The van der Waals surface area contributed by atoms with Crippen LogP contribution in [-0.2, 0) is 7.05 Å². The predicted octanol–water partition coefficient (Wildman–Crippen LogP) is 3.05. The highest BCUT2D eigenvalue weighted by molar-refractivity contribution is 6.31. The highest BCUT2D eigenvalue weighted by Crippen LogP contribution is 2.23. The molecule has 0 fully saturated rings. The van der Waals surface area contributed by atoms with Crippen molar-refractivity contribution in [3.8, 4) is 6.07 Å². The summed E-state index contributed by atoms with van der Waals surface area (Å²) >= 11 is 5.94. The molecule has 6 nitrogen and oxygen atoms in total. The molecule has 0 unspecified atom stereocenters. The number of amides is 1.